The molecule has 0 bridgehead atoms. The minimum atomic E-state index is -0.665. The summed E-state index contributed by atoms with van der Waals surface area (Å²) in [5, 5.41) is 23.3. The molecule has 356 valence electrons. The van der Waals surface area contributed by atoms with Gasteiger partial charge in [0.1, 0.15) is 0 Å². The zero-order valence-corrected chi connectivity index (χ0v) is 41.0. The van der Waals surface area contributed by atoms with E-state index in [1.54, 1.807) is 0 Å². The molecule has 0 fully saturated rings. The van der Waals surface area contributed by atoms with Crippen LogP contribution in [0.3, 0.4) is 0 Å². The summed E-state index contributed by atoms with van der Waals surface area (Å²) < 4.78 is 0. The summed E-state index contributed by atoms with van der Waals surface area (Å²) in [6.45, 7) is 4.36. The molecule has 0 aromatic carbocycles. The number of carbonyl (C=O) groups is 1. The number of nitrogens with one attached hydrogen (secondary N) is 1. The van der Waals surface area contributed by atoms with Crippen molar-refractivity contribution < 1.29 is 15.0 Å². The SMILES string of the molecule is CCCCCC/C=C\C/C=C\CCCCCCCC(=O)NC(CO)C(O)CCCCCCCCCCCCCCCCCCCCCCCCCCCCCCCCCC. The van der Waals surface area contributed by atoms with Gasteiger partial charge in [-0.1, -0.05) is 282 Å². The van der Waals surface area contributed by atoms with Gasteiger partial charge in [-0.25, -0.2) is 0 Å². The van der Waals surface area contributed by atoms with Gasteiger partial charge in [-0.2, -0.15) is 0 Å². The van der Waals surface area contributed by atoms with Gasteiger partial charge in [0.2, 0.25) is 5.91 Å². The van der Waals surface area contributed by atoms with Crippen molar-refractivity contribution in [1.29, 1.82) is 0 Å². The molecule has 0 aromatic heterocycles. The molecule has 0 rings (SSSR count). The van der Waals surface area contributed by atoms with E-state index in [1.165, 1.54) is 238 Å². The standard InChI is InChI=1S/C56H109NO3/c1-3-5-7-9-11-13-15-17-19-21-22-23-24-25-26-27-28-29-30-31-32-33-34-35-36-37-39-41-43-45-47-49-51-55(59)54(53-58)57-56(60)52-50-48-46-44-42-40-38-20-18-16-14-12-10-8-6-4-2/h14,16,20,38,54-55,58-59H,3-13,15,17-19,21-37,39-53H2,1-2H3,(H,57,60)/b16-14-,38-20-. The van der Waals surface area contributed by atoms with Gasteiger partial charge in [-0.15, -0.1) is 0 Å². The molecular formula is C56H109NO3. The smallest absolute Gasteiger partial charge is 0.220 e. The largest absolute Gasteiger partial charge is 0.394 e. The first-order chi connectivity index (χ1) is 29.7. The van der Waals surface area contributed by atoms with E-state index in [0.29, 0.717) is 12.8 Å². The predicted octanol–water partition coefficient (Wildman–Crippen LogP) is 17.9. The number of amides is 1. The lowest BCUT2D eigenvalue weighted by Gasteiger charge is -2.22. The van der Waals surface area contributed by atoms with E-state index in [1.807, 2.05) is 0 Å². The first-order valence-electron chi connectivity index (χ1n) is 27.5. The quantitative estimate of drug-likeness (QED) is 0.0422. The van der Waals surface area contributed by atoms with E-state index < -0.39 is 12.1 Å². The lowest BCUT2D eigenvalue weighted by molar-refractivity contribution is -0.123. The van der Waals surface area contributed by atoms with Crippen LogP contribution in [0.5, 0.6) is 0 Å². The number of rotatable bonds is 51. The van der Waals surface area contributed by atoms with Crippen LogP contribution in [0.25, 0.3) is 0 Å². The van der Waals surface area contributed by atoms with E-state index in [4.69, 9.17) is 0 Å². The first kappa shape index (κ1) is 58.9. The lowest BCUT2D eigenvalue weighted by atomic mass is 10.0. The zero-order chi connectivity index (χ0) is 43.5. The fourth-order valence-electron chi connectivity index (χ4n) is 8.75. The van der Waals surface area contributed by atoms with Gasteiger partial charge >= 0.3 is 0 Å². The Labute approximate surface area is 377 Å². The Bertz CT molecular complexity index is 871. The van der Waals surface area contributed by atoms with E-state index in [9.17, 15) is 15.0 Å². The van der Waals surface area contributed by atoms with Gasteiger partial charge in [0.05, 0.1) is 18.8 Å². The number of hydrogen-bond donors (Lipinski definition) is 3. The van der Waals surface area contributed by atoms with Crippen LogP contribution in [0.4, 0.5) is 0 Å². The summed E-state index contributed by atoms with van der Waals surface area (Å²) in [5.41, 5.74) is 0. The molecule has 2 atom stereocenters. The van der Waals surface area contributed by atoms with Crippen LogP contribution in [-0.2, 0) is 4.79 Å². The summed E-state index contributed by atoms with van der Waals surface area (Å²) in [6, 6.07) is -0.543. The number of unbranched alkanes of at least 4 members (excludes halogenated alkanes) is 40. The zero-order valence-electron chi connectivity index (χ0n) is 41.0. The fraction of sp³-hybridized carbons (Fsp3) is 0.911. The predicted molar refractivity (Wildman–Crippen MR) is 267 cm³/mol. The number of allylic oxidation sites excluding steroid dienone is 4. The molecule has 0 aliphatic heterocycles. The van der Waals surface area contributed by atoms with Crippen molar-refractivity contribution in [2.75, 3.05) is 6.61 Å². The molecule has 4 nitrogen and oxygen atoms in total. The van der Waals surface area contributed by atoms with Crippen LogP contribution in [0.15, 0.2) is 24.3 Å². The summed E-state index contributed by atoms with van der Waals surface area (Å²) in [5.74, 6) is -0.0412. The molecule has 60 heavy (non-hydrogen) atoms. The van der Waals surface area contributed by atoms with Crippen molar-refractivity contribution in [3.63, 3.8) is 0 Å². The third-order valence-electron chi connectivity index (χ3n) is 13.0. The van der Waals surface area contributed by atoms with Crippen molar-refractivity contribution in [2.45, 2.75) is 321 Å². The van der Waals surface area contributed by atoms with Crippen LogP contribution in [0.2, 0.25) is 0 Å². The molecule has 0 heterocycles. The Morgan fingerprint density at radius 3 is 1.02 bits per heavy atom. The van der Waals surface area contributed by atoms with Crippen LogP contribution in [0, 0.1) is 0 Å². The Morgan fingerprint density at radius 2 is 0.683 bits per heavy atom. The second-order valence-corrected chi connectivity index (χ2v) is 19.0. The average molecular weight is 844 g/mol. The number of carbonyl (C=O) groups excluding carboxylic acids is 1. The maximum Gasteiger partial charge on any atom is 0.220 e. The molecule has 2 unspecified atom stereocenters. The van der Waals surface area contributed by atoms with Crippen molar-refractivity contribution in [3.05, 3.63) is 24.3 Å². The van der Waals surface area contributed by atoms with E-state index >= 15 is 0 Å². The third kappa shape index (κ3) is 47.9. The number of aliphatic hydroxyl groups is 2. The average Bonchev–Trinajstić information content (AvgIpc) is 3.25. The lowest BCUT2D eigenvalue weighted by Crippen LogP contribution is -2.45. The van der Waals surface area contributed by atoms with Crippen LogP contribution in [-0.4, -0.2) is 34.9 Å². The van der Waals surface area contributed by atoms with Crippen molar-refractivity contribution in [1.82, 2.24) is 5.32 Å². The molecule has 4 heteroatoms. The molecule has 3 N–H and O–H groups in total. The molecule has 0 saturated carbocycles. The molecule has 0 spiro atoms. The summed E-state index contributed by atoms with van der Waals surface area (Å²) >= 11 is 0. The molecule has 0 aliphatic rings. The Balaban J connectivity index is 3.40. The normalized spacial score (nSPS) is 12.9. The summed E-state index contributed by atoms with van der Waals surface area (Å²) in [7, 11) is 0. The van der Waals surface area contributed by atoms with Crippen LogP contribution < -0.4 is 5.32 Å². The monoisotopic (exact) mass is 844 g/mol. The second-order valence-electron chi connectivity index (χ2n) is 19.0. The minimum Gasteiger partial charge on any atom is -0.394 e. The highest BCUT2D eigenvalue weighted by Crippen LogP contribution is 2.18. The highest BCUT2D eigenvalue weighted by atomic mass is 16.3. The van der Waals surface area contributed by atoms with E-state index in [-0.39, 0.29) is 12.5 Å². The number of aliphatic hydroxyl groups excluding tert-OH is 2. The van der Waals surface area contributed by atoms with Crippen LogP contribution >= 0.6 is 0 Å². The van der Waals surface area contributed by atoms with Crippen molar-refractivity contribution in [3.8, 4) is 0 Å². The Hall–Kier alpha value is -1.13. The van der Waals surface area contributed by atoms with Gasteiger partial charge in [0, 0.05) is 6.42 Å². The molecule has 0 radical (unpaired) electrons. The molecule has 0 aromatic rings. The Morgan fingerprint density at radius 1 is 0.400 bits per heavy atom. The summed E-state index contributed by atoms with van der Waals surface area (Å²) in [6.07, 6.45) is 68.8. The van der Waals surface area contributed by atoms with E-state index in [2.05, 4.69) is 43.5 Å². The Kier molecular flexibility index (Phi) is 51.2. The summed E-state index contributed by atoms with van der Waals surface area (Å²) in [4.78, 5) is 12.4. The number of hydrogen-bond acceptors (Lipinski definition) is 3. The fourth-order valence-corrected chi connectivity index (χ4v) is 8.75. The minimum absolute atomic E-state index is 0.0412. The van der Waals surface area contributed by atoms with Crippen LogP contribution in [0.1, 0.15) is 309 Å². The molecule has 0 aliphatic carbocycles. The maximum absolute atomic E-state index is 12.4. The van der Waals surface area contributed by atoms with Crippen molar-refractivity contribution in [2.24, 2.45) is 0 Å². The third-order valence-corrected chi connectivity index (χ3v) is 13.0. The molecule has 0 saturated heterocycles. The topological polar surface area (TPSA) is 69.6 Å². The van der Waals surface area contributed by atoms with Gasteiger partial charge in [0.15, 0.2) is 0 Å². The molecular weight excluding hydrogens is 735 g/mol. The van der Waals surface area contributed by atoms with Gasteiger partial charge < -0.3 is 15.5 Å². The van der Waals surface area contributed by atoms with E-state index in [0.717, 1.165) is 44.9 Å². The van der Waals surface area contributed by atoms with Crippen molar-refractivity contribution >= 4 is 5.91 Å². The highest BCUT2D eigenvalue weighted by molar-refractivity contribution is 5.76. The first-order valence-corrected chi connectivity index (χ1v) is 27.5. The second kappa shape index (κ2) is 52.2. The highest BCUT2D eigenvalue weighted by Gasteiger charge is 2.20. The van der Waals surface area contributed by atoms with Gasteiger partial charge in [0.25, 0.3) is 0 Å². The van der Waals surface area contributed by atoms with Gasteiger partial charge in [-0.05, 0) is 44.9 Å². The van der Waals surface area contributed by atoms with Gasteiger partial charge in [-0.3, -0.25) is 4.79 Å². The molecule has 1 amide bonds. The maximum atomic E-state index is 12.4.